The first kappa shape index (κ1) is 32.4. The molecule has 0 radical (unpaired) electrons. The molecule has 13 heteroatoms. The van der Waals surface area contributed by atoms with Gasteiger partial charge in [0.2, 0.25) is 5.91 Å². The van der Waals surface area contributed by atoms with Gasteiger partial charge in [-0.1, -0.05) is 18.2 Å². The highest BCUT2D eigenvalue weighted by atomic mass is 16.6. The number of nitrogens with one attached hydrogen (secondary N) is 3. The van der Waals surface area contributed by atoms with Gasteiger partial charge in [-0.25, -0.2) is 9.48 Å². The smallest absolute Gasteiger partial charge is 0.412 e. The van der Waals surface area contributed by atoms with Crippen LogP contribution >= 0.6 is 0 Å². The predicted octanol–water partition coefficient (Wildman–Crippen LogP) is 3.55. The molecule has 1 atom stereocenters. The summed E-state index contributed by atoms with van der Waals surface area (Å²) in [6, 6.07) is 11.6. The summed E-state index contributed by atoms with van der Waals surface area (Å²) < 4.78 is 23.4. The number of benzene rings is 2. The normalized spacial score (nSPS) is 15.1. The van der Waals surface area contributed by atoms with Crippen molar-refractivity contribution in [2.75, 3.05) is 50.2 Å². The Morgan fingerprint density at radius 2 is 1.75 bits per heavy atom. The first-order valence-corrected chi connectivity index (χ1v) is 14.5. The van der Waals surface area contributed by atoms with Gasteiger partial charge in [0, 0.05) is 35.8 Å². The first-order valence-electron chi connectivity index (χ1n) is 14.5. The molecule has 0 saturated carbocycles. The zero-order valence-corrected chi connectivity index (χ0v) is 25.4. The highest BCUT2D eigenvalue weighted by Crippen LogP contribution is 2.24. The zero-order valence-electron chi connectivity index (χ0n) is 25.4. The van der Waals surface area contributed by atoms with Crippen LogP contribution in [0.15, 0.2) is 47.3 Å². The summed E-state index contributed by atoms with van der Waals surface area (Å²) in [6.45, 7) is 9.41. The Bertz CT molecular complexity index is 1550. The molecule has 1 fully saturated rings. The van der Waals surface area contributed by atoms with E-state index < -0.39 is 29.2 Å². The Hall–Kier alpha value is -4.49. The van der Waals surface area contributed by atoms with Gasteiger partial charge < -0.3 is 24.3 Å². The van der Waals surface area contributed by atoms with Gasteiger partial charge in [-0.15, -0.1) is 0 Å². The molecule has 44 heavy (non-hydrogen) atoms. The molecule has 1 saturated heterocycles. The molecule has 0 spiro atoms. The average molecular weight is 610 g/mol. The van der Waals surface area contributed by atoms with Crippen LogP contribution in [0.25, 0.3) is 10.8 Å². The number of hydrogen-bond acceptors (Lipinski definition) is 10. The molecule has 3 aromatic rings. The van der Waals surface area contributed by atoms with Crippen LogP contribution in [-0.2, 0) is 23.8 Å². The van der Waals surface area contributed by atoms with E-state index in [1.165, 1.54) is 4.68 Å². The minimum Gasteiger partial charge on any atom is -0.491 e. The summed E-state index contributed by atoms with van der Waals surface area (Å²) >= 11 is 0. The van der Waals surface area contributed by atoms with Gasteiger partial charge >= 0.3 is 6.09 Å². The maximum absolute atomic E-state index is 13.4. The molecule has 236 valence electrons. The molecule has 1 aliphatic heterocycles. The Morgan fingerprint density at radius 3 is 2.50 bits per heavy atom. The number of rotatable bonds is 13. The highest BCUT2D eigenvalue weighted by Gasteiger charge is 2.30. The number of piperidine rings is 1. The van der Waals surface area contributed by atoms with Gasteiger partial charge in [0.15, 0.2) is 0 Å². The number of hydrogen-bond donors (Lipinski definition) is 3. The van der Waals surface area contributed by atoms with E-state index in [0.717, 1.165) is 0 Å². The zero-order chi connectivity index (χ0) is 31.7. The van der Waals surface area contributed by atoms with Crippen LogP contribution in [0.3, 0.4) is 0 Å². The molecule has 1 unspecified atom stereocenters. The summed E-state index contributed by atoms with van der Waals surface area (Å²) in [7, 11) is 0. The van der Waals surface area contributed by atoms with Crippen LogP contribution in [-0.4, -0.2) is 72.9 Å². The number of carbonyl (C=O) groups is 3. The van der Waals surface area contributed by atoms with E-state index in [0.29, 0.717) is 73.2 Å². The van der Waals surface area contributed by atoms with E-state index in [2.05, 4.69) is 21.0 Å². The summed E-state index contributed by atoms with van der Waals surface area (Å²) in [5.74, 6) is -0.286. The number of aryl methyl sites for hydroxylation is 1. The average Bonchev–Trinajstić information content (AvgIpc) is 2.95. The Labute approximate surface area is 255 Å². The van der Waals surface area contributed by atoms with Crippen molar-refractivity contribution in [2.45, 2.75) is 52.2 Å². The van der Waals surface area contributed by atoms with Crippen LogP contribution in [0.1, 0.15) is 45.3 Å². The van der Waals surface area contributed by atoms with E-state index in [-0.39, 0.29) is 18.7 Å². The number of carbonyl (C=O) groups excluding carboxylic acids is 3. The predicted molar refractivity (Wildman–Crippen MR) is 164 cm³/mol. The second-order valence-electron chi connectivity index (χ2n) is 11.2. The van der Waals surface area contributed by atoms with Gasteiger partial charge in [-0.3, -0.25) is 25.0 Å². The second kappa shape index (κ2) is 14.8. The fourth-order valence-corrected chi connectivity index (χ4v) is 4.62. The number of aromatic nitrogens is 2. The van der Waals surface area contributed by atoms with Crippen LogP contribution < -0.4 is 26.2 Å². The molecular formula is C31H39N5O8. The van der Waals surface area contributed by atoms with Crippen molar-refractivity contribution >= 4 is 40.1 Å². The number of fused-ring (bicyclic) bond motifs is 1. The Kier molecular flexibility index (Phi) is 10.9. The van der Waals surface area contributed by atoms with Crippen LogP contribution in [0.5, 0.6) is 5.75 Å². The Balaban J connectivity index is 1.17. The van der Waals surface area contributed by atoms with Crippen molar-refractivity contribution in [1.29, 1.82) is 0 Å². The lowest BCUT2D eigenvalue weighted by atomic mass is 10.1. The first-order chi connectivity index (χ1) is 21.0. The van der Waals surface area contributed by atoms with Crippen molar-refractivity contribution in [3.8, 4) is 5.75 Å². The fraction of sp³-hybridized carbons (Fsp3) is 0.452. The minimum atomic E-state index is -0.837. The third-order valence-electron chi connectivity index (χ3n) is 6.55. The molecular weight excluding hydrogens is 570 g/mol. The maximum Gasteiger partial charge on any atom is 0.412 e. The molecule has 4 rings (SSSR count). The second-order valence-corrected chi connectivity index (χ2v) is 11.2. The summed E-state index contributed by atoms with van der Waals surface area (Å²) in [5.41, 5.74) is 0.799. The van der Waals surface area contributed by atoms with Crippen LogP contribution in [0, 0.1) is 6.92 Å². The summed E-state index contributed by atoms with van der Waals surface area (Å²) in [4.78, 5) is 49.3. The number of imide groups is 1. The highest BCUT2D eigenvalue weighted by molar-refractivity contribution is 6.00. The van der Waals surface area contributed by atoms with E-state index >= 15 is 0 Å². The molecule has 1 aromatic heterocycles. The fourth-order valence-electron chi connectivity index (χ4n) is 4.62. The van der Waals surface area contributed by atoms with Gasteiger partial charge in [0.1, 0.15) is 24.0 Å². The lowest BCUT2D eigenvalue weighted by molar-refractivity contribution is -0.136. The van der Waals surface area contributed by atoms with E-state index in [1.807, 2.05) is 12.1 Å². The van der Waals surface area contributed by atoms with Crippen LogP contribution in [0.4, 0.5) is 16.2 Å². The lowest BCUT2D eigenvalue weighted by Gasteiger charge is -2.23. The largest absolute Gasteiger partial charge is 0.491 e. The van der Waals surface area contributed by atoms with E-state index in [9.17, 15) is 19.2 Å². The van der Waals surface area contributed by atoms with Gasteiger partial charge in [-0.2, -0.15) is 5.10 Å². The SMILES string of the molecule is Cc1nn(C2CCC(=O)NC2=O)c(=O)c2c(NCCOCCOCCOc3cccc(NC(=O)OC(C)(C)C)c3)cccc12. The van der Waals surface area contributed by atoms with Gasteiger partial charge in [-0.05, 0) is 52.3 Å². The number of amides is 3. The van der Waals surface area contributed by atoms with Crippen molar-refractivity contribution in [2.24, 2.45) is 0 Å². The maximum atomic E-state index is 13.4. The van der Waals surface area contributed by atoms with Crippen molar-refractivity contribution < 1.29 is 33.3 Å². The molecule has 0 aliphatic carbocycles. The Morgan fingerprint density at radius 1 is 1.02 bits per heavy atom. The quantitative estimate of drug-likeness (QED) is 0.193. The van der Waals surface area contributed by atoms with Crippen LogP contribution in [0.2, 0.25) is 0 Å². The third kappa shape index (κ3) is 9.01. The van der Waals surface area contributed by atoms with E-state index in [4.69, 9.17) is 18.9 Å². The molecule has 0 bridgehead atoms. The van der Waals surface area contributed by atoms with Crippen molar-refractivity contribution in [1.82, 2.24) is 15.1 Å². The van der Waals surface area contributed by atoms with E-state index in [1.54, 1.807) is 58.0 Å². The third-order valence-corrected chi connectivity index (χ3v) is 6.55. The monoisotopic (exact) mass is 609 g/mol. The van der Waals surface area contributed by atoms with Gasteiger partial charge in [0.25, 0.3) is 11.5 Å². The molecule has 2 aromatic carbocycles. The number of anilines is 2. The summed E-state index contributed by atoms with van der Waals surface area (Å²) in [5, 5.41) is 13.7. The molecule has 13 nitrogen and oxygen atoms in total. The lowest BCUT2D eigenvalue weighted by Crippen LogP contribution is -2.45. The summed E-state index contributed by atoms with van der Waals surface area (Å²) in [6.07, 6.45) is -0.162. The minimum absolute atomic E-state index is 0.151. The van der Waals surface area contributed by atoms with Crippen molar-refractivity contribution in [3.63, 3.8) is 0 Å². The molecule has 2 heterocycles. The molecule has 3 N–H and O–H groups in total. The standard InChI is InChI=1S/C31H39N5O8/c1-20-23-9-6-10-24(27(23)29(39)36(35-20)25-11-12-26(37)34-28(25)38)32-13-14-41-15-16-42-17-18-43-22-8-5-7-21(19-22)33-30(40)44-31(2,3)4/h5-10,19,25,32H,11-18H2,1-4H3,(H,33,40)(H,34,37,38). The number of nitrogens with zero attached hydrogens (tertiary/aromatic N) is 2. The van der Waals surface area contributed by atoms with Gasteiger partial charge in [0.05, 0.1) is 37.5 Å². The number of ether oxygens (including phenoxy) is 4. The molecule has 1 aliphatic rings. The topological polar surface area (TPSA) is 159 Å². The van der Waals surface area contributed by atoms with Crippen molar-refractivity contribution in [3.05, 3.63) is 58.5 Å². The molecule has 3 amide bonds.